The molecule has 3 aromatic carbocycles. The van der Waals surface area contributed by atoms with Crippen LogP contribution in [0.2, 0.25) is 5.02 Å². The largest absolute Gasteiger partial charge is 1.00 e. The second-order valence-corrected chi connectivity index (χ2v) is 8.20. The summed E-state index contributed by atoms with van der Waals surface area (Å²) in [4.78, 5) is 17.2. The predicted molar refractivity (Wildman–Crippen MR) is 129 cm³/mol. The molecule has 0 saturated carbocycles. The van der Waals surface area contributed by atoms with Crippen LogP contribution in [0.4, 0.5) is 4.39 Å². The molecule has 2 heterocycles. The molecule has 0 amide bonds. The number of carboxylic acid groups (broad SMARTS) is 1. The Kier molecular flexibility index (Phi) is 7.91. The number of carboxylic acids is 1. The van der Waals surface area contributed by atoms with E-state index in [2.05, 4.69) is 20.4 Å². The van der Waals surface area contributed by atoms with Gasteiger partial charge in [0, 0.05) is 21.5 Å². The third-order valence-electron chi connectivity index (χ3n) is 5.32. The summed E-state index contributed by atoms with van der Waals surface area (Å²) in [7, 11) is 0. The number of aromatic carboxylic acids is 1. The van der Waals surface area contributed by atoms with Gasteiger partial charge in [0.25, 0.3) is 0 Å². The van der Waals surface area contributed by atoms with E-state index in [1.165, 1.54) is 16.9 Å². The molecule has 36 heavy (non-hydrogen) atoms. The molecule has 0 radical (unpaired) electrons. The topological polar surface area (TPSA) is 96.6 Å². The van der Waals surface area contributed by atoms with Gasteiger partial charge in [-0.3, -0.25) is 0 Å². The van der Waals surface area contributed by atoms with Crippen molar-refractivity contribution in [1.82, 2.24) is 25.2 Å². The van der Waals surface area contributed by atoms with E-state index >= 15 is 0 Å². The SMILES string of the molecule is O=C([O-])c1cc(F)ccc1Cn1nnc(-c2cccc(/C=C/c3ccc4ccc(Cl)cc4n3)c2)n1.[Na+]. The van der Waals surface area contributed by atoms with Crippen LogP contribution in [0.15, 0.2) is 72.8 Å². The van der Waals surface area contributed by atoms with E-state index in [1.54, 1.807) is 0 Å². The van der Waals surface area contributed by atoms with Gasteiger partial charge in [-0.15, -0.1) is 10.2 Å². The molecule has 0 N–H and O–H groups in total. The summed E-state index contributed by atoms with van der Waals surface area (Å²) in [5, 5.41) is 25.4. The molecule has 0 aliphatic carbocycles. The van der Waals surface area contributed by atoms with Crippen LogP contribution in [-0.4, -0.2) is 31.2 Å². The number of aromatic nitrogens is 5. The van der Waals surface area contributed by atoms with Gasteiger partial charge in [-0.2, -0.15) is 4.80 Å². The molecular formula is C26H16ClFN5NaO2. The third-order valence-corrected chi connectivity index (χ3v) is 5.56. The van der Waals surface area contributed by atoms with Crippen molar-refractivity contribution in [3.8, 4) is 11.4 Å². The fourth-order valence-electron chi connectivity index (χ4n) is 3.62. The first-order valence-corrected chi connectivity index (χ1v) is 10.9. The Morgan fingerprint density at radius 2 is 1.86 bits per heavy atom. The number of rotatable bonds is 6. The van der Waals surface area contributed by atoms with Gasteiger partial charge in [0.15, 0.2) is 0 Å². The van der Waals surface area contributed by atoms with Crippen molar-refractivity contribution in [1.29, 1.82) is 0 Å². The smallest absolute Gasteiger partial charge is 0.545 e. The van der Waals surface area contributed by atoms with E-state index in [1.807, 2.05) is 66.7 Å². The normalized spacial score (nSPS) is 11.1. The number of hydrogen-bond donors (Lipinski definition) is 0. The molecule has 5 aromatic rings. The number of fused-ring (bicyclic) bond motifs is 1. The van der Waals surface area contributed by atoms with Crippen molar-refractivity contribution in [2.75, 3.05) is 0 Å². The Balaban J connectivity index is 0.00000304. The maximum Gasteiger partial charge on any atom is 1.00 e. The molecule has 0 aliphatic rings. The van der Waals surface area contributed by atoms with Crippen LogP contribution < -0.4 is 34.7 Å². The van der Waals surface area contributed by atoms with E-state index < -0.39 is 11.8 Å². The summed E-state index contributed by atoms with van der Waals surface area (Å²) in [5.41, 5.74) is 3.31. The maximum atomic E-state index is 13.4. The summed E-state index contributed by atoms with van der Waals surface area (Å²) in [6, 6.07) is 20.5. The van der Waals surface area contributed by atoms with Crippen LogP contribution in [0.3, 0.4) is 0 Å². The van der Waals surface area contributed by atoms with Gasteiger partial charge in [-0.25, -0.2) is 9.37 Å². The molecule has 10 heteroatoms. The molecule has 5 rings (SSSR count). The van der Waals surface area contributed by atoms with Crippen LogP contribution in [-0.2, 0) is 6.54 Å². The number of tetrazole rings is 1. The average Bonchev–Trinajstić information content (AvgIpc) is 3.32. The van der Waals surface area contributed by atoms with Crippen molar-refractivity contribution < 1.29 is 43.8 Å². The molecule has 0 unspecified atom stereocenters. The maximum absolute atomic E-state index is 13.4. The number of carbonyl (C=O) groups is 1. The summed E-state index contributed by atoms with van der Waals surface area (Å²) in [5.74, 6) is -1.76. The molecule has 0 spiro atoms. The Labute approximate surface area is 232 Å². The van der Waals surface area contributed by atoms with Gasteiger partial charge in [0.05, 0.1) is 23.7 Å². The van der Waals surface area contributed by atoms with E-state index in [-0.39, 0.29) is 41.7 Å². The van der Waals surface area contributed by atoms with Gasteiger partial charge in [-0.05, 0) is 58.8 Å². The zero-order chi connectivity index (χ0) is 24.4. The van der Waals surface area contributed by atoms with Crippen molar-refractivity contribution >= 4 is 40.6 Å². The van der Waals surface area contributed by atoms with Gasteiger partial charge in [-0.1, -0.05) is 54.1 Å². The van der Waals surface area contributed by atoms with Crippen LogP contribution >= 0.6 is 11.6 Å². The quantitative estimate of drug-likeness (QED) is 0.321. The first-order valence-electron chi connectivity index (χ1n) is 10.6. The number of halogens is 2. The number of hydrogen-bond acceptors (Lipinski definition) is 6. The van der Waals surface area contributed by atoms with Gasteiger partial charge in [0.1, 0.15) is 5.82 Å². The fraction of sp³-hybridized carbons (Fsp3) is 0.0385. The number of carbonyl (C=O) groups excluding carboxylic acids is 1. The van der Waals surface area contributed by atoms with Crippen molar-refractivity contribution in [3.63, 3.8) is 0 Å². The molecule has 0 fully saturated rings. The van der Waals surface area contributed by atoms with Crippen molar-refractivity contribution in [2.45, 2.75) is 6.54 Å². The molecule has 0 saturated heterocycles. The standard InChI is InChI=1S/C26H17ClFN5O2.Na/c27-20-8-5-17-7-11-22(29-24(17)13-20)10-4-16-2-1-3-18(12-16)25-30-32-33(31-25)15-19-6-9-21(28)14-23(19)26(34)35;/h1-14H,15H2,(H,34,35);/q;+1/p-1/b10-4+;. The van der Waals surface area contributed by atoms with E-state index in [9.17, 15) is 14.3 Å². The second kappa shape index (κ2) is 11.1. The van der Waals surface area contributed by atoms with Crippen LogP contribution in [0.25, 0.3) is 34.4 Å². The van der Waals surface area contributed by atoms with Gasteiger partial charge >= 0.3 is 29.6 Å². The Hall–Kier alpha value is -3.43. The monoisotopic (exact) mass is 507 g/mol. The number of benzene rings is 3. The molecule has 0 bridgehead atoms. The average molecular weight is 508 g/mol. The molecule has 2 aromatic heterocycles. The van der Waals surface area contributed by atoms with Crippen LogP contribution in [0, 0.1) is 5.82 Å². The molecule has 172 valence electrons. The molecule has 7 nitrogen and oxygen atoms in total. The summed E-state index contributed by atoms with van der Waals surface area (Å²) >= 11 is 6.07. The Morgan fingerprint density at radius 3 is 2.69 bits per heavy atom. The minimum Gasteiger partial charge on any atom is -0.545 e. The number of pyridine rings is 1. The van der Waals surface area contributed by atoms with E-state index in [0.717, 1.165) is 33.8 Å². The Bertz CT molecular complexity index is 1600. The van der Waals surface area contributed by atoms with Crippen LogP contribution in [0.5, 0.6) is 0 Å². The first-order chi connectivity index (χ1) is 16.9. The van der Waals surface area contributed by atoms with E-state index in [0.29, 0.717) is 16.4 Å². The zero-order valence-electron chi connectivity index (χ0n) is 19.1. The summed E-state index contributed by atoms with van der Waals surface area (Å²) < 4.78 is 13.4. The summed E-state index contributed by atoms with van der Waals surface area (Å²) in [6.45, 7) is 0.00777. The predicted octanol–water partition coefficient (Wildman–Crippen LogP) is 1.27. The van der Waals surface area contributed by atoms with Gasteiger partial charge in [0.2, 0.25) is 5.82 Å². The molecular weight excluding hydrogens is 492 g/mol. The van der Waals surface area contributed by atoms with Crippen LogP contribution in [0.1, 0.15) is 27.2 Å². The minimum atomic E-state index is -1.47. The van der Waals surface area contributed by atoms with E-state index in [4.69, 9.17) is 11.6 Å². The van der Waals surface area contributed by atoms with Crippen molar-refractivity contribution in [2.24, 2.45) is 0 Å². The molecule has 0 aliphatic heterocycles. The Morgan fingerprint density at radius 1 is 1.03 bits per heavy atom. The first kappa shape index (κ1) is 25.7. The zero-order valence-corrected chi connectivity index (χ0v) is 21.9. The second-order valence-electron chi connectivity index (χ2n) is 7.76. The molecule has 0 atom stereocenters. The third kappa shape index (κ3) is 5.85. The van der Waals surface area contributed by atoms with Crippen molar-refractivity contribution in [3.05, 3.63) is 106 Å². The summed E-state index contributed by atoms with van der Waals surface area (Å²) in [6.07, 6.45) is 3.83. The van der Waals surface area contributed by atoms with Gasteiger partial charge < -0.3 is 9.90 Å². The minimum absolute atomic E-state index is 0. The fourth-order valence-corrected chi connectivity index (χ4v) is 3.78. The number of nitrogens with zero attached hydrogens (tertiary/aromatic N) is 5.